The molecule has 1 atom stereocenters. The van der Waals surface area contributed by atoms with Crippen LogP contribution in [0.15, 0.2) is 10.3 Å². The SMILES string of the molecule is Cc1cc(S(=O)(=O)NC2CC(=O)N(C)C2=O)sc1C(=O)O. The van der Waals surface area contributed by atoms with Crippen molar-refractivity contribution in [3.05, 3.63) is 16.5 Å². The third-order valence-corrected chi connectivity index (χ3v) is 6.20. The van der Waals surface area contributed by atoms with Gasteiger partial charge in [0.1, 0.15) is 15.1 Å². The van der Waals surface area contributed by atoms with Crippen LogP contribution in [-0.2, 0) is 19.6 Å². The standard InChI is InChI=1S/C11H12N2O6S2/c1-5-3-8(20-9(5)11(16)17)21(18,19)12-6-4-7(14)13(2)10(6)15/h3,6,12H,4H2,1-2H3,(H,16,17). The number of nitrogens with zero attached hydrogens (tertiary/aromatic N) is 1. The maximum Gasteiger partial charge on any atom is 0.346 e. The zero-order chi connectivity index (χ0) is 15.9. The normalized spacial score (nSPS) is 19.3. The molecule has 21 heavy (non-hydrogen) atoms. The predicted molar refractivity (Wildman–Crippen MR) is 72.5 cm³/mol. The number of imide groups is 1. The topological polar surface area (TPSA) is 121 Å². The highest BCUT2D eigenvalue weighted by Crippen LogP contribution is 2.26. The number of carbonyl (C=O) groups excluding carboxylic acids is 2. The third kappa shape index (κ3) is 2.82. The Labute approximate surface area is 124 Å². The van der Waals surface area contributed by atoms with Crippen molar-refractivity contribution >= 4 is 39.1 Å². The Bertz CT molecular complexity index is 736. The molecule has 1 aromatic rings. The molecule has 2 heterocycles. The Balaban J connectivity index is 2.27. The van der Waals surface area contributed by atoms with Gasteiger partial charge in [0.05, 0.1) is 6.42 Å². The van der Waals surface area contributed by atoms with Gasteiger partial charge in [-0.1, -0.05) is 0 Å². The number of rotatable bonds is 4. The summed E-state index contributed by atoms with van der Waals surface area (Å²) in [5.74, 6) is -2.32. The molecule has 0 aromatic carbocycles. The quantitative estimate of drug-likeness (QED) is 0.736. The summed E-state index contributed by atoms with van der Waals surface area (Å²) in [5.41, 5.74) is 0.318. The van der Waals surface area contributed by atoms with Gasteiger partial charge in [-0.05, 0) is 18.6 Å². The molecule has 0 bridgehead atoms. The van der Waals surface area contributed by atoms with Gasteiger partial charge in [-0.2, -0.15) is 4.72 Å². The summed E-state index contributed by atoms with van der Waals surface area (Å²) in [5, 5.41) is 8.93. The van der Waals surface area contributed by atoms with Gasteiger partial charge in [-0.15, -0.1) is 11.3 Å². The minimum Gasteiger partial charge on any atom is -0.477 e. The fraction of sp³-hybridized carbons (Fsp3) is 0.364. The Kier molecular flexibility index (Phi) is 3.87. The monoisotopic (exact) mass is 332 g/mol. The van der Waals surface area contributed by atoms with Crippen molar-refractivity contribution in [3.63, 3.8) is 0 Å². The number of aryl methyl sites for hydroxylation is 1. The van der Waals surface area contributed by atoms with E-state index < -0.39 is 33.8 Å². The van der Waals surface area contributed by atoms with Crippen molar-refractivity contribution in [1.29, 1.82) is 0 Å². The molecule has 1 unspecified atom stereocenters. The van der Waals surface area contributed by atoms with Gasteiger partial charge in [0, 0.05) is 7.05 Å². The first-order chi connectivity index (χ1) is 9.63. The van der Waals surface area contributed by atoms with Crippen LogP contribution in [0.5, 0.6) is 0 Å². The second-order valence-corrected chi connectivity index (χ2v) is 7.54. The van der Waals surface area contributed by atoms with Gasteiger partial charge in [-0.3, -0.25) is 14.5 Å². The number of hydrogen-bond donors (Lipinski definition) is 2. The lowest BCUT2D eigenvalue weighted by atomic mass is 10.3. The minimum absolute atomic E-state index is 0.0821. The molecule has 0 radical (unpaired) electrons. The lowest BCUT2D eigenvalue weighted by Gasteiger charge is -2.10. The van der Waals surface area contributed by atoms with Gasteiger partial charge in [0.15, 0.2) is 0 Å². The fourth-order valence-corrected chi connectivity index (χ4v) is 4.47. The van der Waals surface area contributed by atoms with E-state index in [-0.39, 0.29) is 15.5 Å². The smallest absolute Gasteiger partial charge is 0.346 e. The van der Waals surface area contributed by atoms with Crippen LogP contribution in [0.2, 0.25) is 0 Å². The largest absolute Gasteiger partial charge is 0.477 e. The lowest BCUT2D eigenvalue weighted by molar-refractivity contribution is -0.137. The number of likely N-dealkylation sites (N-methyl/N-ethyl adjacent to an activating group) is 1. The number of amides is 2. The van der Waals surface area contributed by atoms with E-state index in [9.17, 15) is 22.8 Å². The highest BCUT2D eigenvalue weighted by molar-refractivity contribution is 7.91. The Hall–Kier alpha value is -1.78. The molecular weight excluding hydrogens is 320 g/mol. The summed E-state index contributed by atoms with van der Waals surface area (Å²) in [6, 6.07) is 0.0738. The van der Waals surface area contributed by atoms with E-state index in [4.69, 9.17) is 5.11 Å². The van der Waals surface area contributed by atoms with Crippen molar-refractivity contribution < 1.29 is 27.9 Å². The van der Waals surface area contributed by atoms with Gasteiger partial charge in [-0.25, -0.2) is 13.2 Å². The number of sulfonamides is 1. The Morgan fingerprint density at radius 2 is 2.10 bits per heavy atom. The highest BCUT2D eigenvalue weighted by Gasteiger charge is 2.39. The molecule has 114 valence electrons. The number of carbonyl (C=O) groups is 3. The number of carboxylic acid groups (broad SMARTS) is 1. The van der Waals surface area contributed by atoms with E-state index in [1.807, 2.05) is 0 Å². The first-order valence-electron chi connectivity index (χ1n) is 5.80. The van der Waals surface area contributed by atoms with Gasteiger partial charge >= 0.3 is 5.97 Å². The third-order valence-electron chi connectivity index (χ3n) is 3.03. The molecule has 1 aliphatic rings. The zero-order valence-electron chi connectivity index (χ0n) is 11.1. The van der Waals surface area contributed by atoms with Crippen LogP contribution < -0.4 is 4.72 Å². The zero-order valence-corrected chi connectivity index (χ0v) is 12.7. The van der Waals surface area contributed by atoms with Gasteiger partial charge in [0.2, 0.25) is 11.8 Å². The van der Waals surface area contributed by atoms with Crippen molar-refractivity contribution in [1.82, 2.24) is 9.62 Å². The number of aromatic carboxylic acids is 1. The van der Waals surface area contributed by atoms with Crippen molar-refractivity contribution in [3.8, 4) is 0 Å². The average molecular weight is 332 g/mol. The Morgan fingerprint density at radius 3 is 2.52 bits per heavy atom. The molecule has 10 heteroatoms. The summed E-state index contributed by atoms with van der Waals surface area (Å²) in [6.07, 6.45) is -0.245. The van der Waals surface area contributed by atoms with Crippen LogP contribution in [0.1, 0.15) is 21.7 Å². The van der Waals surface area contributed by atoms with Crippen molar-refractivity contribution in [2.45, 2.75) is 23.6 Å². The molecule has 2 amide bonds. The summed E-state index contributed by atoms with van der Waals surface area (Å²) in [4.78, 5) is 34.8. The van der Waals surface area contributed by atoms with E-state index in [0.29, 0.717) is 16.9 Å². The second-order valence-electron chi connectivity index (χ2n) is 4.55. The number of likely N-dealkylation sites (tertiary alicyclic amines) is 1. The van der Waals surface area contributed by atoms with E-state index in [0.717, 1.165) is 4.90 Å². The molecule has 1 fully saturated rings. The predicted octanol–water partition coefficient (Wildman–Crippen LogP) is -0.210. The van der Waals surface area contributed by atoms with Crippen LogP contribution in [0.25, 0.3) is 0 Å². The molecule has 8 nitrogen and oxygen atoms in total. The van der Waals surface area contributed by atoms with Gasteiger partial charge < -0.3 is 5.11 Å². The number of hydrogen-bond acceptors (Lipinski definition) is 6. The second kappa shape index (κ2) is 5.20. The molecule has 0 saturated carbocycles. The average Bonchev–Trinajstić information content (AvgIpc) is 2.87. The van der Waals surface area contributed by atoms with Crippen molar-refractivity contribution in [2.75, 3.05) is 7.05 Å². The summed E-state index contributed by atoms with van der Waals surface area (Å²) >= 11 is 0.601. The Morgan fingerprint density at radius 1 is 1.48 bits per heavy atom. The molecular formula is C11H12N2O6S2. The lowest BCUT2D eigenvalue weighted by Crippen LogP contribution is -2.40. The van der Waals surface area contributed by atoms with E-state index in [1.165, 1.54) is 20.0 Å². The highest BCUT2D eigenvalue weighted by atomic mass is 32.2. The van der Waals surface area contributed by atoms with Crippen LogP contribution in [0.4, 0.5) is 0 Å². The van der Waals surface area contributed by atoms with Crippen LogP contribution in [0, 0.1) is 6.92 Å². The van der Waals surface area contributed by atoms with E-state index >= 15 is 0 Å². The first kappa shape index (κ1) is 15.6. The summed E-state index contributed by atoms with van der Waals surface area (Å²) < 4.78 is 26.3. The van der Waals surface area contributed by atoms with Crippen molar-refractivity contribution in [2.24, 2.45) is 0 Å². The number of thiophene rings is 1. The maximum atomic E-state index is 12.2. The molecule has 1 aromatic heterocycles. The minimum atomic E-state index is -4.05. The van der Waals surface area contributed by atoms with Crippen LogP contribution >= 0.6 is 11.3 Å². The number of carboxylic acids is 1. The summed E-state index contributed by atoms with van der Waals surface area (Å²) in [7, 11) is -2.78. The molecule has 1 aliphatic heterocycles. The number of nitrogens with one attached hydrogen (secondary N) is 1. The van der Waals surface area contributed by atoms with Crippen LogP contribution in [-0.4, -0.2) is 49.3 Å². The molecule has 2 rings (SSSR count). The summed E-state index contributed by atoms with van der Waals surface area (Å²) in [6.45, 7) is 1.48. The molecule has 0 spiro atoms. The fourth-order valence-electron chi connectivity index (χ4n) is 1.89. The van der Waals surface area contributed by atoms with E-state index in [2.05, 4.69) is 4.72 Å². The van der Waals surface area contributed by atoms with Crippen LogP contribution in [0.3, 0.4) is 0 Å². The van der Waals surface area contributed by atoms with E-state index in [1.54, 1.807) is 0 Å². The first-order valence-corrected chi connectivity index (χ1v) is 8.10. The maximum absolute atomic E-state index is 12.2. The molecule has 0 aliphatic carbocycles. The molecule has 1 saturated heterocycles. The molecule has 2 N–H and O–H groups in total. The van der Waals surface area contributed by atoms with Gasteiger partial charge in [0.25, 0.3) is 10.0 Å².